The standard InChI is InChI=1S/C2H4N3Se/c3-1(4)2(5)6/h5H,(H3,3,4). The number of hydrogen-bond acceptors (Lipinski definition) is 2. The van der Waals surface area contributed by atoms with Crippen molar-refractivity contribution in [3.8, 4) is 0 Å². The molecular formula is C2H4N3Se. The summed E-state index contributed by atoms with van der Waals surface area (Å²) < 4.78 is -0.00463. The Balaban J connectivity index is 3.57. The van der Waals surface area contributed by atoms with Gasteiger partial charge in [-0.15, -0.1) is 0 Å². The number of nitrogens with two attached hydrogens (primary N) is 1. The molecule has 0 amide bonds. The van der Waals surface area contributed by atoms with Gasteiger partial charge in [0.1, 0.15) is 0 Å². The summed E-state index contributed by atoms with van der Waals surface area (Å²) in [6.07, 6.45) is 0. The van der Waals surface area contributed by atoms with Gasteiger partial charge in [-0.05, 0) is 0 Å². The molecule has 0 saturated carbocycles. The molecule has 0 atom stereocenters. The molecule has 1 radical (unpaired) electrons. The van der Waals surface area contributed by atoms with E-state index in [1.807, 2.05) is 0 Å². The Kier molecular flexibility index (Phi) is 1.84. The molecule has 0 bridgehead atoms. The number of amidine groups is 1. The zero-order valence-electron chi connectivity index (χ0n) is 2.99. The van der Waals surface area contributed by atoms with E-state index in [1.54, 1.807) is 0 Å². The Morgan fingerprint density at radius 3 is 1.67 bits per heavy atom. The number of hydrogen-bond donors (Lipinski definition) is 3. The van der Waals surface area contributed by atoms with Crippen LogP contribution in [0.5, 0.6) is 0 Å². The van der Waals surface area contributed by atoms with Gasteiger partial charge in [0, 0.05) is 0 Å². The average Bonchev–Trinajstić information content (AvgIpc) is 1.36. The van der Waals surface area contributed by atoms with E-state index in [0.717, 1.165) is 0 Å². The van der Waals surface area contributed by atoms with E-state index in [0.29, 0.717) is 0 Å². The van der Waals surface area contributed by atoms with Crippen LogP contribution in [0.1, 0.15) is 0 Å². The van der Waals surface area contributed by atoms with E-state index >= 15 is 0 Å². The van der Waals surface area contributed by atoms with Crippen LogP contribution in [0.3, 0.4) is 0 Å². The van der Waals surface area contributed by atoms with Gasteiger partial charge in [0.15, 0.2) is 0 Å². The second-order valence-corrected chi connectivity index (χ2v) is 1.60. The van der Waals surface area contributed by atoms with Gasteiger partial charge in [0.25, 0.3) is 0 Å². The van der Waals surface area contributed by atoms with E-state index in [9.17, 15) is 0 Å². The fourth-order valence-corrected chi connectivity index (χ4v) is 0. The maximum atomic E-state index is 6.54. The Hall–Kier alpha value is -0.341. The van der Waals surface area contributed by atoms with Crippen LogP contribution in [0, 0.1) is 10.8 Å². The Bertz CT molecular complexity index is 74.8. The van der Waals surface area contributed by atoms with Crippen molar-refractivity contribution in [3.63, 3.8) is 0 Å². The van der Waals surface area contributed by atoms with Crippen molar-refractivity contribution < 1.29 is 0 Å². The molecular weight excluding hydrogens is 145 g/mol. The Morgan fingerprint density at radius 2 is 1.67 bits per heavy atom. The molecule has 0 aromatic rings. The summed E-state index contributed by atoms with van der Waals surface area (Å²) in [4.78, 5) is 0. The second kappa shape index (κ2) is 1.95. The van der Waals surface area contributed by atoms with Crippen LogP contribution in [0.25, 0.3) is 0 Å². The van der Waals surface area contributed by atoms with Crippen LogP contribution in [0.4, 0.5) is 0 Å². The molecule has 6 heavy (non-hydrogen) atoms. The molecule has 0 aromatic carbocycles. The van der Waals surface area contributed by atoms with Gasteiger partial charge in [-0.25, -0.2) is 0 Å². The molecule has 0 fully saturated rings. The molecule has 4 N–H and O–H groups in total. The summed E-state index contributed by atoms with van der Waals surface area (Å²) in [5.74, 6) is -0.213. The summed E-state index contributed by atoms with van der Waals surface area (Å²) in [6.45, 7) is 0. The van der Waals surface area contributed by atoms with E-state index in [2.05, 4.69) is 16.0 Å². The van der Waals surface area contributed by atoms with Crippen molar-refractivity contribution in [1.82, 2.24) is 0 Å². The fraction of sp³-hybridized carbons (Fsp3) is 0. The molecule has 0 aliphatic rings. The zero-order chi connectivity index (χ0) is 5.15. The summed E-state index contributed by atoms with van der Waals surface area (Å²) in [7, 11) is 0. The molecule has 0 heterocycles. The summed E-state index contributed by atoms with van der Waals surface area (Å²) >= 11 is 2.27. The van der Waals surface area contributed by atoms with Gasteiger partial charge >= 0.3 is 43.0 Å². The molecule has 0 saturated heterocycles. The molecule has 33 valence electrons. The normalized spacial score (nSPS) is 7.33. The summed E-state index contributed by atoms with van der Waals surface area (Å²) in [5.41, 5.74) is 4.76. The first-order valence-electron chi connectivity index (χ1n) is 1.24. The van der Waals surface area contributed by atoms with Crippen LogP contribution in [0.15, 0.2) is 0 Å². The van der Waals surface area contributed by atoms with Crippen molar-refractivity contribution in [2.24, 2.45) is 5.73 Å². The van der Waals surface area contributed by atoms with Gasteiger partial charge in [0.05, 0.1) is 0 Å². The second-order valence-electron chi connectivity index (χ2n) is 0.743. The number of nitrogens with one attached hydrogen (secondary N) is 2. The minimum absolute atomic E-state index is 0.00463. The fourth-order valence-electron chi connectivity index (χ4n) is 0. The Labute approximate surface area is 43.7 Å². The topological polar surface area (TPSA) is 73.7 Å². The van der Waals surface area contributed by atoms with E-state index in [-0.39, 0.29) is 10.4 Å². The average molecular weight is 149 g/mol. The molecule has 0 aliphatic carbocycles. The molecule has 0 aromatic heterocycles. The predicted molar refractivity (Wildman–Crippen MR) is 25.4 cm³/mol. The SMILES string of the molecule is N=C(N)C(=N)[Se]. The molecule has 0 rings (SSSR count). The third-order valence-electron chi connectivity index (χ3n) is 0.245. The van der Waals surface area contributed by atoms with Gasteiger partial charge in [0.2, 0.25) is 0 Å². The van der Waals surface area contributed by atoms with Gasteiger partial charge < -0.3 is 0 Å². The van der Waals surface area contributed by atoms with Gasteiger partial charge in [-0.3, -0.25) is 0 Å². The molecule has 0 unspecified atom stereocenters. The zero-order valence-corrected chi connectivity index (χ0v) is 4.70. The summed E-state index contributed by atoms with van der Waals surface area (Å²) in [5, 5.41) is 13.0. The summed E-state index contributed by atoms with van der Waals surface area (Å²) in [6, 6.07) is 0. The monoisotopic (exact) mass is 150 g/mol. The van der Waals surface area contributed by atoms with Crippen molar-refractivity contribution in [2.75, 3.05) is 0 Å². The minimum atomic E-state index is -0.213. The van der Waals surface area contributed by atoms with Crippen molar-refractivity contribution in [3.05, 3.63) is 0 Å². The van der Waals surface area contributed by atoms with E-state index < -0.39 is 0 Å². The first-order valence-corrected chi connectivity index (χ1v) is 2.10. The molecule has 3 nitrogen and oxygen atoms in total. The van der Waals surface area contributed by atoms with E-state index in [1.165, 1.54) is 0 Å². The maximum absolute atomic E-state index is 6.54. The van der Waals surface area contributed by atoms with Crippen molar-refractivity contribution in [1.29, 1.82) is 10.8 Å². The van der Waals surface area contributed by atoms with Crippen molar-refractivity contribution >= 4 is 26.5 Å². The van der Waals surface area contributed by atoms with Crippen LogP contribution >= 0.6 is 0 Å². The van der Waals surface area contributed by atoms with Crippen LogP contribution in [0.2, 0.25) is 0 Å². The molecule has 0 aliphatic heterocycles. The van der Waals surface area contributed by atoms with Gasteiger partial charge in [-0.1, -0.05) is 0 Å². The first-order chi connectivity index (χ1) is 2.64. The predicted octanol–water partition coefficient (Wildman–Crippen LogP) is -0.932. The first kappa shape index (κ1) is 5.66. The molecule has 0 spiro atoms. The van der Waals surface area contributed by atoms with Crippen molar-refractivity contribution in [2.45, 2.75) is 0 Å². The number of rotatable bonds is 1. The van der Waals surface area contributed by atoms with Crippen LogP contribution in [-0.4, -0.2) is 26.5 Å². The van der Waals surface area contributed by atoms with Gasteiger partial charge in [-0.2, -0.15) is 0 Å². The van der Waals surface area contributed by atoms with Crippen LogP contribution < -0.4 is 5.73 Å². The quantitative estimate of drug-likeness (QED) is 0.251. The Morgan fingerprint density at radius 1 is 1.50 bits per heavy atom. The molecule has 4 heteroatoms. The third-order valence-corrected chi connectivity index (χ3v) is 0.706. The van der Waals surface area contributed by atoms with E-state index in [4.69, 9.17) is 16.6 Å². The third kappa shape index (κ3) is 1.93. The van der Waals surface area contributed by atoms with Crippen LogP contribution in [-0.2, 0) is 0 Å².